The summed E-state index contributed by atoms with van der Waals surface area (Å²) < 4.78 is 7.64. The normalized spacial score (nSPS) is 18.0. The van der Waals surface area contributed by atoms with Gasteiger partial charge in [-0.15, -0.1) is 0 Å². The van der Waals surface area contributed by atoms with Crippen LogP contribution in [0.4, 0.5) is 0 Å². The molecular formula is C12H20N4O2. The average Bonchev–Trinajstić information content (AvgIpc) is 2.65. The van der Waals surface area contributed by atoms with E-state index in [1.807, 2.05) is 6.92 Å². The summed E-state index contributed by atoms with van der Waals surface area (Å²) >= 11 is 0. The third kappa shape index (κ3) is 2.42. The number of hydrogen-bond acceptors (Lipinski definition) is 4. The average molecular weight is 252 g/mol. The minimum atomic E-state index is 0.0476. The molecule has 0 amide bonds. The molecule has 0 unspecified atom stereocenters. The van der Waals surface area contributed by atoms with Crippen LogP contribution in [0, 0.1) is 6.92 Å². The highest BCUT2D eigenvalue weighted by Crippen LogP contribution is 2.27. The second-order valence-electron chi connectivity index (χ2n) is 4.75. The number of rotatable bonds is 3. The topological polar surface area (TPSA) is 85.7 Å². The summed E-state index contributed by atoms with van der Waals surface area (Å²) in [5, 5.41) is 16.1. The Bertz CT molecular complexity index is 447. The van der Waals surface area contributed by atoms with Gasteiger partial charge in [0.15, 0.2) is 5.84 Å². The molecule has 100 valence electrons. The standard InChI is InChI=1S/C12H20N4O2/c1-8-10(11(13)15-17)12(16(2)14-8)18-9-6-4-3-5-7-9/h9,17H,3-7H2,1-2H3,(H2,13,15). The predicted molar refractivity (Wildman–Crippen MR) is 68.0 cm³/mol. The summed E-state index contributed by atoms with van der Waals surface area (Å²) in [5.74, 6) is 0.640. The molecule has 1 aromatic rings. The highest BCUT2D eigenvalue weighted by atomic mass is 16.5. The minimum Gasteiger partial charge on any atom is -0.474 e. The van der Waals surface area contributed by atoms with E-state index >= 15 is 0 Å². The van der Waals surface area contributed by atoms with Gasteiger partial charge in [0.05, 0.1) is 5.69 Å². The molecule has 0 atom stereocenters. The van der Waals surface area contributed by atoms with Gasteiger partial charge in [-0.05, 0) is 32.6 Å². The third-order valence-corrected chi connectivity index (χ3v) is 3.36. The van der Waals surface area contributed by atoms with Crippen molar-refractivity contribution in [3.05, 3.63) is 11.3 Å². The zero-order valence-corrected chi connectivity index (χ0v) is 10.9. The second kappa shape index (κ2) is 5.29. The van der Waals surface area contributed by atoms with E-state index in [9.17, 15) is 0 Å². The molecule has 1 saturated carbocycles. The van der Waals surface area contributed by atoms with Crippen LogP contribution in [-0.2, 0) is 7.05 Å². The van der Waals surface area contributed by atoms with Crippen molar-refractivity contribution in [3.8, 4) is 5.88 Å². The molecule has 1 fully saturated rings. The fraction of sp³-hybridized carbons (Fsp3) is 0.667. The van der Waals surface area contributed by atoms with Crippen molar-refractivity contribution in [2.75, 3.05) is 0 Å². The predicted octanol–water partition coefficient (Wildman–Crippen LogP) is 1.53. The largest absolute Gasteiger partial charge is 0.474 e. The maximum atomic E-state index is 8.82. The van der Waals surface area contributed by atoms with Crippen LogP contribution in [0.5, 0.6) is 5.88 Å². The first kappa shape index (κ1) is 12.7. The molecule has 6 nitrogen and oxygen atoms in total. The highest BCUT2D eigenvalue weighted by Gasteiger charge is 2.23. The number of oxime groups is 1. The summed E-state index contributed by atoms with van der Waals surface area (Å²) in [6.45, 7) is 1.82. The third-order valence-electron chi connectivity index (χ3n) is 3.36. The van der Waals surface area contributed by atoms with Gasteiger partial charge < -0.3 is 15.7 Å². The molecule has 18 heavy (non-hydrogen) atoms. The van der Waals surface area contributed by atoms with E-state index < -0.39 is 0 Å². The lowest BCUT2D eigenvalue weighted by atomic mass is 9.98. The van der Waals surface area contributed by atoms with Crippen LogP contribution < -0.4 is 10.5 Å². The lowest BCUT2D eigenvalue weighted by Gasteiger charge is -2.23. The van der Waals surface area contributed by atoms with E-state index in [0.29, 0.717) is 17.1 Å². The molecule has 0 aromatic carbocycles. The van der Waals surface area contributed by atoms with Crippen LogP contribution in [0.25, 0.3) is 0 Å². The molecule has 2 rings (SSSR count). The first-order valence-corrected chi connectivity index (χ1v) is 6.31. The number of amidine groups is 1. The molecule has 1 aromatic heterocycles. The van der Waals surface area contributed by atoms with Gasteiger partial charge in [0.2, 0.25) is 5.88 Å². The van der Waals surface area contributed by atoms with E-state index in [-0.39, 0.29) is 11.9 Å². The number of ether oxygens (including phenoxy) is 1. The van der Waals surface area contributed by atoms with Crippen molar-refractivity contribution < 1.29 is 9.94 Å². The fourth-order valence-corrected chi connectivity index (χ4v) is 2.46. The summed E-state index contributed by atoms with van der Waals surface area (Å²) in [4.78, 5) is 0. The summed E-state index contributed by atoms with van der Waals surface area (Å²) in [6, 6.07) is 0. The Kier molecular flexibility index (Phi) is 3.74. The lowest BCUT2D eigenvalue weighted by molar-refractivity contribution is 0.142. The Labute approximate surface area is 106 Å². The number of nitrogens with two attached hydrogens (primary N) is 1. The Balaban J connectivity index is 2.25. The van der Waals surface area contributed by atoms with Crippen molar-refractivity contribution >= 4 is 5.84 Å². The quantitative estimate of drug-likeness (QED) is 0.370. The lowest BCUT2D eigenvalue weighted by Crippen LogP contribution is -2.23. The molecule has 0 saturated heterocycles. The van der Waals surface area contributed by atoms with Crippen LogP contribution >= 0.6 is 0 Å². The van der Waals surface area contributed by atoms with Crippen molar-refractivity contribution in [2.24, 2.45) is 17.9 Å². The summed E-state index contributed by atoms with van der Waals surface area (Å²) in [6.07, 6.45) is 5.98. The number of aryl methyl sites for hydroxylation is 2. The van der Waals surface area contributed by atoms with Gasteiger partial charge in [0.25, 0.3) is 0 Å². The van der Waals surface area contributed by atoms with Crippen LogP contribution in [0.1, 0.15) is 43.4 Å². The van der Waals surface area contributed by atoms with Crippen molar-refractivity contribution in [1.82, 2.24) is 9.78 Å². The molecule has 6 heteroatoms. The first-order valence-electron chi connectivity index (χ1n) is 6.31. The highest BCUT2D eigenvalue weighted by molar-refractivity contribution is 6.00. The number of aromatic nitrogens is 2. The fourth-order valence-electron chi connectivity index (χ4n) is 2.46. The maximum Gasteiger partial charge on any atom is 0.223 e. The molecule has 0 radical (unpaired) electrons. The van der Waals surface area contributed by atoms with Gasteiger partial charge >= 0.3 is 0 Å². The van der Waals surface area contributed by atoms with Crippen LogP contribution in [-0.4, -0.2) is 26.9 Å². The molecule has 0 aliphatic heterocycles. The molecule has 1 heterocycles. The van der Waals surface area contributed by atoms with Crippen LogP contribution in [0.15, 0.2) is 5.16 Å². The SMILES string of the molecule is Cc1nn(C)c(OC2CCCCC2)c1C(N)=NO. The van der Waals surface area contributed by atoms with Gasteiger partial charge in [0.1, 0.15) is 11.7 Å². The minimum absolute atomic E-state index is 0.0476. The zero-order valence-electron chi connectivity index (χ0n) is 10.9. The number of nitrogens with zero attached hydrogens (tertiary/aromatic N) is 3. The van der Waals surface area contributed by atoms with Gasteiger partial charge in [-0.3, -0.25) is 0 Å². The van der Waals surface area contributed by atoms with E-state index in [0.717, 1.165) is 12.8 Å². The van der Waals surface area contributed by atoms with Crippen molar-refractivity contribution in [3.63, 3.8) is 0 Å². The molecule has 1 aliphatic rings. The van der Waals surface area contributed by atoms with Gasteiger partial charge in [-0.25, -0.2) is 4.68 Å². The van der Waals surface area contributed by atoms with Gasteiger partial charge in [-0.2, -0.15) is 5.10 Å². The Morgan fingerprint density at radius 2 is 2.11 bits per heavy atom. The second-order valence-corrected chi connectivity index (χ2v) is 4.75. The van der Waals surface area contributed by atoms with Crippen LogP contribution in [0.3, 0.4) is 0 Å². The van der Waals surface area contributed by atoms with E-state index in [1.54, 1.807) is 11.7 Å². The van der Waals surface area contributed by atoms with Crippen molar-refractivity contribution in [1.29, 1.82) is 0 Å². The molecular weight excluding hydrogens is 232 g/mol. The Morgan fingerprint density at radius 3 is 2.72 bits per heavy atom. The molecule has 3 N–H and O–H groups in total. The van der Waals surface area contributed by atoms with Gasteiger partial charge in [0, 0.05) is 7.05 Å². The summed E-state index contributed by atoms with van der Waals surface area (Å²) in [5.41, 5.74) is 6.98. The molecule has 0 spiro atoms. The number of hydrogen-bond donors (Lipinski definition) is 2. The summed E-state index contributed by atoms with van der Waals surface area (Å²) in [7, 11) is 1.80. The molecule has 1 aliphatic carbocycles. The molecule has 0 bridgehead atoms. The van der Waals surface area contributed by atoms with Crippen LogP contribution in [0.2, 0.25) is 0 Å². The van der Waals surface area contributed by atoms with Crippen molar-refractivity contribution in [2.45, 2.75) is 45.1 Å². The van der Waals surface area contributed by atoms with E-state index in [4.69, 9.17) is 15.7 Å². The Hall–Kier alpha value is -1.72. The first-order chi connectivity index (χ1) is 8.63. The smallest absolute Gasteiger partial charge is 0.223 e. The van der Waals surface area contributed by atoms with E-state index in [1.165, 1.54) is 19.3 Å². The zero-order chi connectivity index (χ0) is 13.1. The van der Waals surface area contributed by atoms with E-state index in [2.05, 4.69) is 10.3 Å². The van der Waals surface area contributed by atoms with Gasteiger partial charge in [-0.1, -0.05) is 11.6 Å². The Morgan fingerprint density at radius 1 is 1.44 bits per heavy atom. The maximum absolute atomic E-state index is 8.82. The monoisotopic (exact) mass is 252 g/mol.